The second-order valence-corrected chi connectivity index (χ2v) is 7.01. The van der Waals surface area contributed by atoms with Crippen LogP contribution < -0.4 is 16.1 Å². The first-order valence-corrected chi connectivity index (χ1v) is 9.81. The lowest BCUT2D eigenvalue weighted by Gasteiger charge is -2.19. The molecule has 14 nitrogen and oxygen atoms in total. The summed E-state index contributed by atoms with van der Waals surface area (Å²) < 4.78 is 5.94. The molecule has 3 N–H and O–H groups in total. The number of amides is 1. The van der Waals surface area contributed by atoms with Crippen molar-refractivity contribution < 1.29 is 14.3 Å². The number of nitro groups is 1. The molecular formula is C20H18N10O4. The Bertz CT molecular complexity index is 1330. The number of carbonyl (C=O) groups excluding carboxylic acids is 1. The minimum atomic E-state index is -0.629. The van der Waals surface area contributed by atoms with Gasteiger partial charge in [0.15, 0.2) is 5.69 Å². The molecule has 0 aliphatic heterocycles. The second kappa shape index (κ2) is 9.56. The van der Waals surface area contributed by atoms with Crippen molar-refractivity contribution in [2.24, 2.45) is 5.10 Å². The minimum Gasteiger partial charge on any atom is -0.378 e. The monoisotopic (exact) mass is 462 g/mol. The van der Waals surface area contributed by atoms with E-state index in [0.29, 0.717) is 11.3 Å². The molecule has 0 radical (unpaired) electrons. The number of hydrazone groups is 1. The van der Waals surface area contributed by atoms with Crippen LogP contribution in [0.4, 0.5) is 17.2 Å². The fourth-order valence-corrected chi connectivity index (χ4v) is 3.03. The average molecular weight is 462 g/mol. The van der Waals surface area contributed by atoms with Crippen molar-refractivity contribution in [1.29, 1.82) is 0 Å². The van der Waals surface area contributed by atoms with Crippen LogP contribution in [0.5, 0.6) is 0 Å². The molecular weight excluding hydrogens is 444 g/mol. The fourth-order valence-electron chi connectivity index (χ4n) is 3.03. The predicted octanol–water partition coefficient (Wildman–Crippen LogP) is 1.54. The van der Waals surface area contributed by atoms with E-state index < -0.39 is 10.8 Å². The summed E-state index contributed by atoms with van der Waals surface area (Å²) >= 11 is 0. The summed E-state index contributed by atoms with van der Waals surface area (Å²) in [7, 11) is 1.84. The third-order valence-electron chi connectivity index (χ3n) is 4.74. The largest absolute Gasteiger partial charge is 0.378 e. The van der Waals surface area contributed by atoms with Crippen LogP contribution >= 0.6 is 0 Å². The van der Waals surface area contributed by atoms with Gasteiger partial charge in [-0.2, -0.15) is 9.78 Å². The van der Waals surface area contributed by atoms with Gasteiger partial charge in [-0.25, -0.2) is 10.1 Å². The number of nitrogens with one attached hydrogen (secondary N) is 1. The Labute approximate surface area is 191 Å². The van der Waals surface area contributed by atoms with Crippen LogP contribution in [0.15, 0.2) is 64.3 Å². The number of nitro benzene ring substituents is 1. The van der Waals surface area contributed by atoms with Gasteiger partial charge in [0.05, 0.1) is 23.4 Å². The molecule has 0 bridgehead atoms. The Morgan fingerprint density at radius 2 is 1.97 bits per heavy atom. The first-order chi connectivity index (χ1) is 16.4. The molecule has 0 saturated carbocycles. The molecule has 0 fully saturated rings. The van der Waals surface area contributed by atoms with E-state index in [-0.39, 0.29) is 29.6 Å². The van der Waals surface area contributed by atoms with E-state index in [9.17, 15) is 14.9 Å². The van der Waals surface area contributed by atoms with Crippen LogP contribution in [0.25, 0.3) is 5.82 Å². The molecule has 1 amide bonds. The summed E-state index contributed by atoms with van der Waals surface area (Å²) in [6.45, 7) is 0.220. The van der Waals surface area contributed by atoms with Crippen LogP contribution in [0.2, 0.25) is 0 Å². The van der Waals surface area contributed by atoms with E-state index in [1.54, 1.807) is 0 Å². The van der Waals surface area contributed by atoms with Gasteiger partial charge >= 0.3 is 0 Å². The van der Waals surface area contributed by atoms with E-state index in [1.807, 2.05) is 42.3 Å². The molecule has 0 spiro atoms. The zero-order chi connectivity index (χ0) is 24.1. The summed E-state index contributed by atoms with van der Waals surface area (Å²) in [5, 5.41) is 29.9. The molecule has 2 aromatic heterocycles. The van der Waals surface area contributed by atoms with Gasteiger partial charge in [-0.3, -0.25) is 14.9 Å². The molecule has 0 aliphatic rings. The van der Waals surface area contributed by atoms with E-state index in [1.165, 1.54) is 35.2 Å². The van der Waals surface area contributed by atoms with Crippen LogP contribution in [-0.4, -0.2) is 49.4 Å². The summed E-state index contributed by atoms with van der Waals surface area (Å²) in [5.74, 6) is -0.551. The molecule has 172 valence electrons. The smallest absolute Gasteiger partial charge is 0.293 e. The number of nitrogen functional groups attached to an aromatic ring is 1. The molecule has 0 atom stereocenters. The number of hydrogen-bond acceptors (Lipinski definition) is 11. The highest BCUT2D eigenvalue weighted by Gasteiger charge is 2.25. The summed E-state index contributed by atoms with van der Waals surface area (Å²) in [5.41, 5.74) is 9.95. The number of nitrogens with two attached hydrogens (primary N) is 1. The molecule has 14 heteroatoms. The van der Waals surface area contributed by atoms with Crippen molar-refractivity contribution in [2.45, 2.75) is 6.54 Å². The number of nitrogens with zero attached hydrogens (tertiary/aromatic N) is 8. The summed E-state index contributed by atoms with van der Waals surface area (Å²) in [6.07, 6.45) is 1.35. The Hall–Kier alpha value is -5.14. The van der Waals surface area contributed by atoms with E-state index in [2.05, 4.69) is 35.8 Å². The first-order valence-electron chi connectivity index (χ1n) is 9.81. The maximum atomic E-state index is 12.8. The van der Waals surface area contributed by atoms with Crippen molar-refractivity contribution in [3.8, 4) is 5.82 Å². The molecule has 4 aromatic rings. The number of rotatable bonds is 8. The van der Waals surface area contributed by atoms with Gasteiger partial charge < -0.3 is 10.6 Å². The van der Waals surface area contributed by atoms with Crippen molar-refractivity contribution in [3.05, 3.63) is 81.7 Å². The number of benzene rings is 2. The average Bonchev–Trinajstić information content (AvgIpc) is 3.45. The van der Waals surface area contributed by atoms with Crippen LogP contribution in [0.3, 0.4) is 0 Å². The van der Waals surface area contributed by atoms with Gasteiger partial charge in [0.2, 0.25) is 11.6 Å². The Morgan fingerprint density at radius 3 is 2.62 bits per heavy atom. The lowest BCUT2D eigenvalue weighted by atomic mass is 10.2. The minimum absolute atomic E-state index is 0.00830. The normalized spacial score (nSPS) is 11.0. The summed E-state index contributed by atoms with van der Waals surface area (Å²) in [4.78, 5) is 25.0. The van der Waals surface area contributed by atoms with Crippen LogP contribution in [-0.2, 0) is 6.54 Å². The topological polar surface area (TPSA) is 183 Å². The molecule has 2 heterocycles. The molecule has 2 aromatic carbocycles. The van der Waals surface area contributed by atoms with Gasteiger partial charge in [-0.15, -0.1) is 5.10 Å². The molecule has 0 aliphatic carbocycles. The van der Waals surface area contributed by atoms with E-state index in [0.717, 1.165) is 5.69 Å². The highest BCUT2D eigenvalue weighted by molar-refractivity contribution is 5.94. The standard InChI is InChI=1S/C20H18N10O4/c1-28(14-5-3-2-4-6-14)12-16-17(23-27-29(16)19-18(21)25-34-26-19)20(31)24-22-11-13-7-9-15(10-8-13)30(32)33/h2-11H,12H2,1H3,(H2,21,25)(H,24,31)/b22-11+. The van der Waals surface area contributed by atoms with Crippen molar-refractivity contribution >= 4 is 29.3 Å². The maximum absolute atomic E-state index is 12.8. The lowest BCUT2D eigenvalue weighted by Crippen LogP contribution is -2.24. The van der Waals surface area contributed by atoms with Crippen LogP contribution in [0, 0.1) is 10.1 Å². The summed E-state index contributed by atoms with van der Waals surface area (Å²) in [6, 6.07) is 15.2. The number of non-ortho nitro benzene ring substituents is 1. The number of aromatic nitrogens is 5. The van der Waals surface area contributed by atoms with Gasteiger partial charge in [0.25, 0.3) is 11.6 Å². The van der Waals surface area contributed by atoms with Crippen molar-refractivity contribution in [2.75, 3.05) is 17.7 Å². The highest BCUT2D eigenvalue weighted by Crippen LogP contribution is 2.20. The zero-order valence-electron chi connectivity index (χ0n) is 17.8. The molecule has 0 saturated heterocycles. The Morgan fingerprint density at radius 1 is 1.24 bits per heavy atom. The van der Waals surface area contributed by atoms with Gasteiger partial charge in [0.1, 0.15) is 0 Å². The quantitative estimate of drug-likeness (QED) is 0.221. The van der Waals surface area contributed by atoms with Crippen molar-refractivity contribution in [1.82, 2.24) is 30.7 Å². The van der Waals surface area contributed by atoms with Gasteiger partial charge in [-0.05, 0) is 40.1 Å². The third-order valence-corrected chi connectivity index (χ3v) is 4.74. The number of carbonyl (C=O) groups is 1. The molecule has 34 heavy (non-hydrogen) atoms. The predicted molar refractivity (Wildman–Crippen MR) is 120 cm³/mol. The zero-order valence-corrected chi connectivity index (χ0v) is 17.8. The third kappa shape index (κ3) is 4.69. The second-order valence-electron chi connectivity index (χ2n) is 7.01. The van der Waals surface area contributed by atoms with E-state index in [4.69, 9.17) is 5.73 Å². The van der Waals surface area contributed by atoms with Gasteiger partial charge in [0, 0.05) is 24.9 Å². The highest BCUT2D eigenvalue weighted by atomic mass is 16.6. The Kier molecular flexibility index (Phi) is 6.20. The Balaban J connectivity index is 1.57. The van der Waals surface area contributed by atoms with E-state index >= 15 is 0 Å². The van der Waals surface area contributed by atoms with Crippen LogP contribution in [0.1, 0.15) is 21.7 Å². The van der Waals surface area contributed by atoms with Gasteiger partial charge in [-0.1, -0.05) is 23.4 Å². The lowest BCUT2D eigenvalue weighted by molar-refractivity contribution is -0.384. The molecule has 4 rings (SSSR count). The first kappa shape index (κ1) is 22.1. The molecule has 0 unspecified atom stereocenters. The fraction of sp³-hybridized carbons (Fsp3) is 0.100. The number of para-hydroxylation sites is 1. The van der Waals surface area contributed by atoms with Crippen molar-refractivity contribution in [3.63, 3.8) is 0 Å². The number of anilines is 2. The SMILES string of the molecule is CN(Cc1c(C(=O)N/N=C/c2ccc([N+](=O)[O-])cc2)nnn1-c1nonc1N)c1ccccc1. The maximum Gasteiger partial charge on any atom is 0.293 e. The number of hydrogen-bond donors (Lipinski definition) is 2.